The summed E-state index contributed by atoms with van der Waals surface area (Å²) in [7, 11) is 3.50. The van der Waals surface area contributed by atoms with E-state index in [4.69, 9.17) is 0 Å². The fourth-order valence-electron chi connectivity index (χ4n) is 1.93. The maximum absolute atomic E-state index is 13.7. The molecule has 5 nitrogen and oxygen atoms in total. The molecule has 2 rings (SSSR count). The van der Waals surface area contributed by atoms with E-state index < -0.39 is 5.82 Å². The Morgan fingerprint density at radius 3 is 2.28 bits per heavy atom. The second-order valence-electron chi connectivity index (χ2n) is 4.21. The van der Waals surface area contributed by atoms with Crippen molar-refractivity contribution in [3.63, 3.8) is 0 Å². The van der Waals surface area contributed by atoms with Crippen molar-refractivity contribution in [3.05, 3.63) is 22.9 Å². The van der Waals surface area contributed by atoms with Gasteiger partial charge < -0.3 is 5.32 Å². The second kappa shape index (κ2) is 4.36. The molecule has 0 bridgehead atoms. The van der Waals surface area contributed by atoms with Crippen molar-refractivity contribution < 1.29 is 4.39 Å². The van der Waals surface area contributed by atoms with Crippen molar-refractivity contribution in [2.24, 2.45) is 7.05 Å². The molecule has 0 aliphatic carbocycles. The predicted molar refractivity (Wildman–Crippen MR) is 67.9 cm³/mol. The normalized spacial score (nSPS) is 10.8. The Bertz CT molecular complexity index is 603. The maximum Gasteiger partial charge on any atom is 0.186 e. The summed E-state index contributed by atoms with van der Waals surface area (Å²) in [6.45, 7) is 5.46. The zero-order valence-corrected chi connectivity index (χ0v) is 11.2. The molecular formula is C12H16FN5. The van der Waals surface area contributed by atoms with Crippen LogP contribution in [0.2, 0.25) is 0 Å². The molecule has 2 heterocycles. The Labute approximate surface area is 105 Å². The second-order valence-corrected chi connectivity index (χ2v) is 4.21. The van der Waals surface area contributed by atoms with Crippen LogP contribution in [-0.4, -0.2) is 26.8 Å². The van der Waals surface area contributed by atoms with Gasteiger partial charge in [0.15, 0.2) is 17.5 Å². The zero-order valence-electron chi connectivity index (χ0n) is 11.2. The monoisotopic (exact) mass is 249 g/mol. The van der Waals surface area contributed by atoms with Gasteiger partial charge >= 0.3 is 0 Å². The van der Waals surface area contributed by atoms with Crippen molar-refractivity contribution >= 4 is 5.82 Å². The number of nitrogens with zero attached hydrogens (tertiary/aromatic N) is 4. The summed E-state index contributed by atoms with van der Waals surface area (Å²) in [5, 5.41) is 7.06. The van der Waals surface area contributed by atoms with Crippen molar-refractivity contribution in [2.45, 2.75) is 20.8 Å². The molecule has 0 saturated carbocycles. The molecule has 0 unspecified atom stereocenters. The van der Waals surface area contributed by atoms with Crippen molar-refractivity contribution in [1.29, 1.82) is 0 Å². The average Bonchev–Trinajstić information content (AvgIpc) is 2.57. The molecule has 6 heteroatoms. The first-order valence-electron chi connectivity index (χ1n) is 5.68. The summed E-state index contributed by atoms with van der Waals surface area (Å²) >= 11 is 0. The van der Waals surface area contributed by atoms with Gasteiger partial charge in [-0.3, -0.25) is 4.68 Å². The Balaban J connectivity index is 2.68. The summed E-state index contributed by atoms with van der Waals surface area (Å²) in [6.07, 6.45) is 0. The first-order chi connectivity index (χ1) is 8.45. The van der Waals surface area contributed by atoms with Gasteiger partial charge in [-0.05, 0) is 20.8 Å². The van der Waals surface area contributed by atoms with E-state index in [2.05, 4.69) is 20.4 Å². The number of aromatic nitrogens is 4. The highest BCUT2D eigenvalue weighted by atomic mass is 19.1. The fourth-order valence-corrected chi connectivity index (χ4v) is 1.93. The minimum atomic E-state index is -0.416. The van der Waals surface area contributed by atoms with Gasteiger partial charge in [-0.25, -0.2) is 14.4 Å². The average molecular weight is 249 g/mol. The van der Waals surface area contributed by atoms with Crippen LogP contribution in [0.15, 0.2) is 0 Å². The summed E-state index contributed by atoms with van der Waals surface area (Å²) in [6, 6.07) is 0. The van der Waals surface area contributed by atoms with E-state index in [9.17, 15) is 4.39 Å². The van der Waals surface area contributed by atoms with Crippen LogP contribution in [0, 0.1) is 26.6 Å². The Morgan fingerprint density at radius 2 is 1.78 bits per heavy atom. The van der Waals surface area contributed by atoms with Gasteiger partial charge in [-0.1, -0.05) is 0 Å². The van der Waals surface area contributed by atoms with E-state index in [0.29, 0.717) is 11.5 Å². The first-order valence-corrected chi connectivity index (χ1v) is 5.68. The first kappa shape index (κ1) is 12.5. The van der Waals surface area contributed by atoms with Crippen LogP contribution in [0.4, 0.5) is 10.2 Å². The van der Waals surface area contributed by atoms with E-state index in [-0.39, 0.29) is 5.82 Å². The Hall–Kier alpha value is -1.98. The lowest BCUT2D eigenvalue weighted by Crippen LogP contribution is -2.04. The summed E-state index contributed by atoms with van der Waals surface area (Å²) < 4.78 is 15.5. The molecule has 0 aromatic carbocycles. The maximum atomic E-state index is 13.7. The van der Waals surface area contributed by atoms with Gasteiger partial charge in [-0.2, -0.15) is 5.10 Å². The SMILES string of the molecule is CNc1nc(-c2c(C)nn(C)c2C)nc(C)c1F. The Morgan fingerprint density at radius 1 is 1.11 bits per heavy atom. The summed E-state index contributed by atoms with van der Waals surface area (Å²) in [4.78, 5) is 8.41. The van der Waals surface area contributed by atoms with E-state index in [1.165, 1.54) is 0 Å². The largest absolute Gasteiger partial charge is 0.371 e. The summed E-state index contributed by atoms with van der Waals surface area (Å²) in [5.74, 6) is 0.293. The van der Waals surface area contributed by atoms with Crippen molar-refractivity contribution in [1.82, 2.24) is 19.7 Å². The summed E-state index contributed by atoms with van der Waals surface area (Å²) in [5.41, 5.74) is 2.98. The minimum Gasteiger partial charge on any atom is -0.371 e. The molecule has 96 valence electrons. The van der Waals surface area contributed by atoms with Crippen LogP contribution >= 0.6 is 0 Å². The smallest absolute Gasteiger partial charge is 0.186 e. The lowest BCUT2D eigenvalue weighted by atomic mass is 10.2. The van der Waals surface area contributed by atoms with Crippen molar-refractivity contribution in [3.8, 4) is 11.4 Å². The molecule has 0 radical (unpaired) electrons. The van der Waals surface area contributed by atoms with Gasteiger partial charge in [-0.15, -0.1) is 0 Å². The van der Waals surface area contributed by atoms with Crippen LogP contribution in [0.25, 0.3) is 11.4 Å². The molecule has 0 fully saturated rings. The molecule has 2 aromatic heterocycles. The number of hydrogen-bond donors (Lipinski definition) is 1. The predicted octanol–water partition coefficient (Wildman–Crippen LogP) is 1.98. The van der Waals surface area contributed by atoms with E-state index >= 15 is 0 Å². The third-order valence-corrected chi connectivity index (χ3v) is 2.99. The minimum absolute atomic E-state index is 0.208. The van der Waals surface area contributed by atoms with E-state index in [0.717, 1.165) is 17.0 Å². The number of hydrogen-bond acceptors (Lipinski definition) is 4. The highest BCUT2D eigenvalue weighted by Gasteiger charge is 2.17. The van der Waals surface area contributed by atoms with Gasteiger partial charge in [0.25, 0.3) is 0 Å². The molecule has 1 N–H and O–H groups in total. The molecule has 0 amide bonds. The van der Waals surface area contributed by atoms with Gasteiger partial charge in [0.05, 0.1) is 17.0 Å². The number of rotatable bonds is 2. The molecule has 0 spiro atoms. The Kier molecular flexibility index (Phi) is 3.02. The number of nitrogens with one attached hydrogen (secondary N) is 1. The molecular weight excluding hydrogens is 233 g/mol. The van der Waals surface area contributed by atoms with Gasteiger partial charge in [0, 0.05) is 19.8 Å². The zero-order chi connectivity index (χ0) is 13.4. The van der Waals surface area contributed by atoms with Gasteiger partial charge in [0.1, 0.15) is 0 Å². The molecule has 0 atom stereocenters. The van der Waals surface area contributed by atoms with Gasteiger partial charge in [0.2, 0.25) is 0 Å². The fraction of sp³-hybridized carbons (Fsp3) is 0.417. The molecule has 2 aromatic rings. The number of anilines is 1. The van der Waals surface area contributed by atoms with Crippen LogP contribution < -0.4 is 5.32 Å². The molecule has 0 aliphatic heterocycles. The third kappa shape index (κ3) is 1.83. The van der Waals surface area contributed by atoms with E-state index in [1.807, 2.05) is 20.9 Å². The lowest BCUT2D eigenvalue weighted by Gasteiger charge is -2.07. The molecule has 0 aliphatic rings. The molecule has 0 saturated heterocycles. The topological polar surface area (TPSA) is 55.6 Å². The van der Waals surface area contributed by atoms with Crippen LogP contribution in [0.5, 0.6) is 0 Å². The molecule has 18 heavy (non-hydrogen) atoms. The third-order valence-electron chi connectivity index (χ3n) is 2.99. The standard InChI is InChI=1S/C12H16FN5/c1-6-9(8(3)18(5)17-6)11-15-7(2)10(13)12(14-4)16-11/h1-5H3,(H,14,15,16). The highest BCUT2D eigenvalue weighted by Crippen LogP contribution is 2.26. The van der Waals surface area contributed by atoms with Crippen LogP contribution in [-0.2, 0) is 7.05 Å². The highest BCUT2D eigenvalue weighted by molar-refractivity contribution is 5.63. The van der Waals surface area contributed by atoms with Crippen LogP contribution in [0.3, 0.4) is 0 Å². The number of halogens is 1. The quantitative estimate of drug-likeness (QED) is 0.884. The van der Waals surface area contributed by atoms with Crippen molar-refractivity contribution in [2.75, 3.05) is 12.4 Å². The van der Waals surface area contributed by atoms with E-state index in [1.54, 1.807) is 18.7 Å². The van der Waals surface area contributed by atoms with Crippen LogP contribution in [0.1, 0.15) is 17.1 Å². The number of aryl methyl sites for hydroxylation is 3. The lowest BCUT2D eigenvalue weighted by molar-refractivity contribution is 0.607.